The summed E-state index contributed by atoms with van der Waals surface area (Å²) in [4.78, 5) is 26.7. The monoisotopic (exact) mass is 451 g/mol. The van der Waals surface area contributed by atoms with E-state index in [1.807, 2.05) is 54.6 Å². The maximum absolute atomic E-state index is 13.7. The lowest BCUT2D eigenvalue weighted by Gasteiger charge is -2.28. The third-order valence-corrected chi connectivity index (χ3v) is 7.82. The molecule has 3 atom stereocenters. The van der Waals surface area contributed by atoms with Crippen molar-refractivity contribution in [3.8, 4) is 0 Å². The molecule has 3 aromatic carbocycles. The van der Waals surface area contributed by atoms with Gasteiger partial charge in [-0.1, -0.05) is 92.1 Å². The summed E-state index contributed by atoms with van der Waals surface area (Å²) >= 11 is 0. The lowest BCUT2D eigenvalue weighted by Crippen LogP contribution is -2.38. The first-order chi connectivity index (χ1) is 16.6. The normalized spacial score (nSPS) is 23.1. The largest absolute Gasteiger partial charge is 0.349 e. The molecule has 0 saturated heterocycles. The summed E-state index contributed by atoms with van der Waals surface area (Å²) in [6.45, 7) is 2.11. The molecule has 3 heteroatoms. The minimum atomic E-state index is -0.107. The van der Waals surface area contributed by atoms with Crippen LogP contribution in [0.4, 0.5) is 0 Å². The molecule has 1 amide bonds. The maximum Gasteiger partial charge on any atom is 0.251 e. The Hall–Kier alpha value is -3.20. The molecule has 0 aromatic heterocycles. The van der Waals surface area contributed by atoms with Gasteiger partial charge in [0.05, 0.1) is 0 Å². The molecule has 0 unspecified atom stereocenters. The molecule has 0 heterocycles. The highest BCUT2D eigenvalue weighted by Gasteiger charge is 2.55. The van der Waals surface area contributed by atoms with Crippen LogP contribution in [0.25, 0.3) is 0 Å². The maximum atomic E-state index is 13.7. The topological polar surface area (TPSA) is 46.2 Å². The predicted molar refractivity (Wildman–Crippen MR) is 136 cm³/mol. The Morgan fingerprint density at radius 1 is 0.735 bits per heavy atom. The van der Waals surface area contributed by atoms with Crippen molar-refractivity contribution in [3.05, 3.63) is 107 Å². The van der Waals surface area contributed by atoms with E-state index < -0.39 is 0 Å². The molecule has 1 N–H and O–H groups in total. The molecule has 0 bridgehead atoms. The lowest BCUT2D eigenvalue weighted by atomic mass is 9.84. The predicted octanol–water partition coefficient (Wildman–Crippen LogP) is 6.77. The molecule has 2 aliphatic rings. The summed E-state index contributed by atoms with van der Waals surface area (Å²) in [7, 11) is 0. The first-order valence-corrected chi connectivity index (χ1v) is 12.7. The van der Waals surface area contributed by atoms with Gasteiger partial charge in [0.25, 0.3) is 5.91 Å². The minimum Gasteiger partial charge on any atom is -0.349 e. The Kier molecular flexibility index (Phi) is 6.62. The van der Waals surface area contributed by atoms with Crippen LogP contribution in [0.2, 0.25) is 0 Å². The number of Topliss-reactive ketones (excluding diaryl/α,β-unsaturated/α-hetero) is 1. The molecule has 174 valence electrons. The van der Waals surface area contributed by atoms with Gasteiger partial charge in [0.1, 0.15) is 0 Å². The van der Waals surface area contributed by atoms with Gasteiger partial charge >= 0.3 is 0 Å². The van der Waals surface area contributed by atoms with Gasteiger partial charge in [0.15, 0.2) is 5.78 Å². The number of rotatable bonds is 7. The van der Waals surface area contributed by atoms with Crippen LogP contribution in [-0.2, 0) is 0 Å². The van der Waals surface area contributed by atoms with Crippen molar-refractivity contribution in [2.75, 3.05) is 0 Å². The summed E-state index contributed by atoms with van der Waals surface area (Å²) in [6.07, 6.45) is 6.17. The molecule has 0 aliphatic heterocycles. The standard InChI is InChI=1S/C31H33NO2/c1-21(22-12-5-2-6-13-22)32-31(34)26-19-11-18-25(20-26)30(33)29-27(23-14-7-3-8-15-23)28(29)24-16-9-4-10-17-24/h3-4,7-11,14-22,27-29H,2,5-6,12-13H2,1H3,(H,32,34)/t21-,27+,28+/m1/s1. The van der Waals surface area contributed by atoms with E-state index in [2.05, 4.69) is 36.5 Å². The third kappa shape index (κ3) is 4.70. The number of carbonyl (C=O) groups is 2. The van der Waals surface area contributed by atoms with E-state index in [-0.39, 0.29) is 35.5 Å². The van der Waals surface area contributed by atoms with Crippen molar-refractivity contribution in [3.63, 3.8) is 0 Å². The van der Waals surface area contributed by atoms with Gasteiger partial charge in [0.2, 0.25) is 0 Å². The molecule has 3 aromatic rings. The molecular weight excluding hydrogens is 418 g/mol. The number of nitrogens with one attached hydrogen (secondary N) is 1. The fourth-order valence-electron chi connectivity index (χ4n) is 5.87. The van der Waals surface area contributed by atoms with Crippen LogP contribution >= 0.6 is 0 Å². The van der Waals surface area contributed by atoms with E-state index in [4.69, 9.17) is 0 Å². The second-order valence-electron chi connectivity index (χ2n) is 10.0. The Labute approximate surface area is 202 Å². The summed E-state index contributed by atoms with van der Waals surface area (Å²) < 4.78 is 0. The van der Waals surface area contributed by atoms with E-state index >= 15 is 0 Å². The summed E-state index contributed by atoms with van der Waals surface area (Å²) in [5, 5.41) is 3.20. The third-order valence-electron chi connectivity index (χ3n) is 7.82. The van der Waals surface area contributed by atoms with E-state index in [1.165, 1.54) is 43.2 Å². The average molecular weight is 452 g/mol. The SMILES string of the molecule is C[C@@H](NC(=O)c1cccc(C(=O)C2[C@@H](c3ccccc3)[C@@H]2c2ccccc2)c1)C1CCCCC1. The van der Waals surface area contributed by atoms with Gasteiger partial charge in [-0.25, -0.2) is 0 Å². The number of hydrogen-bond acceptors (Lipinski definition) is 2. The van der Waals surface area contributed by atoms with Crippen LogP contribution in [0.3, 0.4) is 0 Å². The highest BCUT2D eigenvalue weighted by molar-refractivity contribution is 6.04. The Balaban J connectivity index is 1.34. The fourth-order valence-corrected chi connectivity index (χ4v) is 5.87. The highest BCUT2D eigenvalue weighted by Crippen LogP contribution is 2.61. The first-order valence-electron chi connectivity index (χ1n) is 12.7. The summed E-state index contributed by atoms with van der Waals surface area (Å²) in [5.41, 5.74) is 3.60. The van der Waals surface area contributed by atoms with Crippen LogP contribution < -0.4 is 5.32 Å². The van der Waals surface area contributed by atoms with E-state index in [9.17, 15) is 9.59 Å². The minimum absolute atomic E-state index is 0.0808. The second kappa shape index (κ2) is 9.97. The van der Waals surface area contributed by atoms with Crippen molar-refractivity contribution >= 4 is 11.7 Å². The fraction of sp³-hybridized carbons (Fsp3) is 0.355. The lowest BCUT2D eigenvalue weighted by molar-refractivity contribution is 0.0919. The molecule has 3 nitrogen and oxygen atoms in total. The molecule has 2 fully saturated rings. The summed E-state index contributed by atoms with van der Waals surface area (Å²) in [6, 6.07) is 28.1. The van der Waals surface area contributed by atoms with Gasteiger partial charge in [-0.15, -0.1) is 0 Å². The first kappa shape index (κ1) is 22.6. The van der Waals surface area contributed by atoms with Crippen LogP contribution in [0.5, 0.6) is 0 Å². The van der Waals surface area contributed by atoms with Gasteiger partial charge < -0.3 is 5.32 Å². The number of ketones is 1. The molecule has 0 radical (unpaired) electrons. The van der Waals surface area contributed by atoms with E-state index in [1.54, 1.807) is 6.07 Å². The van der Waals surface area contributed by atoms with Crippen LogP contribution in [0.1, 0.15) is 82.7 Å². The van der Waals surface area contributed by atoms with Crippen molar-refractivity contribution in [1.29, 1.82) is 0 Å². The molecule has 0 spiro atoms. The summed E-state index contributed by atoms with van der Waals surface area (Å²) in [5.74, 6) is 0.816. The van der Waals surface area contributed by atoms with Crippen molar-refractivity contribution in [2.45, 2.75) is 56.9 Å². The molecule has 5 rings (SSSR count). The Bertz CT molecular complexity index is 1090. The number of amides is 1. The van der Waals surface area contributed by atoms with E-state index in [0.29, 0.717) is 17.0 Å². The zero-order chi connectivity index (χ0) is 23.5. The van der Waals surface area contributed by atoms with Gasteiger partial charge in [-0.2, -0.15) is 0 Å². The van der Waals surface area contributed by atoms with Crippen molar-refractivity contribution in [2.24, 2.45) is 11.8 Å². The Morgan fingerprint density at radius 3 is 1.88 bits per heavy atom. The number of hydrogen-bond donors (Lipinski definition) is 1. The quantitative estimate of drug-likeness (QED) is 0.403. The van der Waals surface area contributed by atoms with Crippen LogP contribution in [-0.4, -0.2) is 17.7 Å². The van der Waals surface area contributed by atoms with E-state index in [0.717, 1.165) is 0 Å². The molecule has 2 saturated carbocycles. The number of carbonyl (C=O) groups excluding carboxylic acids is 2. The number of benzene rings is 3. The van der Waals surface area contributed by atoms with Crippen LogP contribution in [0, 0.1) is 11.8 Å². The second-order valence-corrected chi connectivity index (χ2v) is 10.0. The Morgan fingerprint density at radius 2 is 1.29 bits per heavy atom. The van der Waals surface area contributed by atoms with Gasteiger partial charge in [-0.05, 0) is 48.9 Å². The smallest absolute Gasteiger partial charge is 0.251 e. The van der Waals surface area contributed by atoms with Gasteiger partial charge in [-0.3, -0.25) is 9.59 Å². The zero-order valence-corrected chi connectivity index (χ0v) is 19.8. The molecule has 2 aliphatic carbocycles. The highest BCUT2D eigenvalue weighted by atomic mass is 16.1. The molecular formula is C31H33NO2. The van der Waals surface area contributed by atoms with Gasteiger partial charge in [0, 0.05) is 34.9 Å². The zero-order valence-electron chi connectivity index (χ0n) is 19.8. The van der Waals surface area contributed by atoms with Crippen LogP contribution in [0.15, 0.2) is 84.9 Å². The van der Waals surface area contributed by atoms with Crippen molar-refractivity contribution < 1.29 is 9.59 Å². The molecule has 34 heavy (non-hydrogen) atoms. The van der Waals surface area contributed by atoms with Crippen molar-refractivity contribution in [1.82, 2.24) is 5.32 Å². The average Bonchev–Trinajstić information content (AvgIpc) is 3.65.